The third-order valence-electron chi connectivity index (χ3n) is 3.86. The van der Waals surface area contributed by atoms with Gasteiger partial charge in [0.15, 0.2) is 0 Å². The molecule has 5 nitrogen and oxygen atoms in total. The summed E-state index contributed by atoms with van der Waals surface area (Å²) in [4.78, 5) is 10.9. The first-order valence-electron chi connectivity index (χ1n) is 7.02. The fourth-order valence-electron chi connectivity index (χ4n) is 2.80. The normalized spacial score (nSPS) is 11.5. The van der Waals surface area contributed by atoms with Gasteiger partial charge in [-0.3, -0.25) is 0 Å². The molecule has 0 bridgehead atoms. The fraction of sp³-hybridized carbons (Fsp3) is 0.118. The highest BCUT2D eigenvalue weighted by Gasteiger charge is 2.12. The van der Waals surface area contributed by atoms with Crippen LogP contribution in [0.2, 0.25) is 0 Å². The Hall–Kier alpha value is -2.79. The predicted molar refractivity (Wildman–Crippen MR) is 85.8 cm³/mol. The molecular weight excluding hydrogens is 278 g/mol. The van der Waals surface area contributed by atoms with Gasteiger partial charge in [0.1, 0.15) is 11.4 Å². The van der Waals surface area contributed by atoms with E-state index in [1.54, 1.807) is 19.4 Å². The zero-order valence-electron chi connectivity index (χ0n) is 12.1. The lowest BCUT2D eigenvalue weighted by atomic mass is 10.1. The summed E-state index contributed by atoms with van der Waals surface area (Å²) in [7, 11) is 1.61. The molecule has 0 aliphatic rings. The Bertz CT molecular complexity index is 936. The molecule has 22 heavy (non-hydrogen) atoms. The Labute approximate surface area is 126 Å². The summed E-state index contributed by atoms with van der Waals surface area (Å²) in [6.45, 7) is 0.381. The molecule has 0 unspecified atom stereocenters. The zero-order valence-corrected chi connectivity index (χ0v) is 12.1. The van der Waals surface area contributed by atoms with Gasteiger partial charge >= 0.3 is 0 Å². The van der Waals surface area contributed by atoms with E-state index in [2.05, 4.69) is 21.0 Å². The molecule has 110 valence electrons. The van der Waals surface area contributed by atoms with E-state index < -0.39 is 0 Å². The van der Waals surface area contributed by atoms with E-state index in [9.17, 15) is 5.11 Å². The largest absolute Gasteiger partial charge is 0.508 e. The summed E-state index contributed by atoms with van der Waals surface area (Å²) >= 11 is 0. The Morgan fingerprint density at radius 2 is 2.18 bits per heavy atom. The number of H-pyrrole nitrogens is 2. The molecule has 0 radical (unpaired) electrons. The molecule has 0 aliphatic heterocycles. The topological polar surface area (TPSA) is 73.9 Å². The first-order chi connectivity index (χ1) is 10.8. The van der Waals surface area contributed by atoms with Crippen LogP contribution in [0.1, 0.15) is 5.56 Å². The molecule has 0 saturated heterocycles. The number of nitrogens with zero attached hydrogens (tertiary/aromatic N) is 1. The summed E-state index contributed by atoms with van der Waals surface area (Å²) < 4.78 is 5.10. The van der Waals surface area contributed by atoms with Gasteiger partial charge in [0, 0.05) is 52.6 Å². The Balaban J connectivity index is 1.89. The first-order valence-corrected chi connectivity index (χ1v) is 7.02. The van der Waals surface area contributed by atoms with Crippen molar-refractivity contribution in [3.63, 3.8) is 0 Å². The van der Waals surface area contributed by atoms with E-state index >= 15 is 0 Å². The van der Waals surface area contributed by atoms with Gasteiger partial charge in [-0.1, -0.05) is 0 Å². The van der Waals surface area contributed by atoms with Gasteiger partial charge < -0.3 is 19.8 Å². The van der Waals surface area contributed by atoms with Crippen LogP contribution in [0.15, 0.2) is 42.7 Å². The number of aromatic hydroxyl groups is 1. The van der Waals surface area contributed by atoms with Crippen LogP contribution in [-0.4, -0.2) is 27.2 Å². The van der Waals surface area contributed by atoms with Crippen molar-refractivity contribution >= 4 is 21.9 Å². The van der Waals surface area contributed by atoms with Crippen molar-refractivity contribution < 1.29 is 9.84 Å². The lowest BCUT2D eigenvalue weighted by Crippen LogP contribution is -1.88. The molecule has 0 atom stereocenters. The SMILES string of the molecule is COCc1cc2[nH]cc(-c3cc4cccnc4[nH]3)c2cc1O. The van der Waals surface area contributed by atoms with Gasteiger partial charge in [-0.25, -0.2) is 4.98 Å². The highest BCUT2D eigenvalue weighted by Crippen LogP contribution is 2.33. The number of aromatic amines is 2. The number of hydrogen-bond acceptors (Lipinski definition) is 3. The average Bonchev–Trinajstić information content (AvgIpc) is 3.11. The maximum absolute atomic E-state index is 10.2. The van der Waals surface area contributed by atoms with E-state index in [1.165, 1.54) is 0 Å². The highest BCUT2D eigenvalue weighted by molar-refractivity contribution is 5.98. The number of benzene rings is 1. The van der Waals surface area contributed by atoms with Crippen molar-refractivity contribution in [2.45, 2.75) is 6.61 Å². The Kier molecular flexibility index (Phi) is 2.87. The van der Waals surface area contributed by atoms with Crippen molar-refractivity contribution in [3.05, 3.63) is 48.3 Å². The lowest BCUT2D eigenvalue weighted by Gasteiger charge is -2.04. The number of nitrogens with one attached hydrogen (secondary N) is 2. The van der Waals surface area contributed by atoms with Crippen molar-refractivity contribution in [2.75, 3.05) is 7.11 Å². The molecule has 0 fully saturated rings. The number of ether oxygens (including phenoxy) is 1. The Morgan fingerprint density at radius 1 is 1.27 bits per heavy atom. The van der Waals surface area contributed by atoms with Gasteiger partial charge in [0.2, 0.25) is 0 Å². The third-order valence-corrected chi connectivity index (χ3v) is 3.86. The molecule has 0 saturated carbocycles. The van der Waals surface area contributed by atoms with Crippen LogP contribution < -0.4 is 0 Å². The number of aromatic nitrogens is 3. The monoisotopic (exact) mass is 293 g/mol. The first kappa shape index (κ1) is 12.9. The number of methoxy groups -OCH3 is 1. The van der Waals surface area contributed by atoms with Crippen molar-refractivity contribution in [1.82, 2.24) is 15.0 Å². The molecule has 0 amide bonds. The molecule has 5 heteroatoms. The van der Waals surface area contributed by atoms with E-state index in [-0.39, 0.29) is 5.75 Å². The highest BCUT2D eigenvalue weighted by atomic mass is 16.5. The van der Waals surface area contributed by atoms with Crippen molar-refractivity contribution in [1.29, 1.82) is 0 Å². The smallest absolute Gasteiger partial charge is 0.137 e. The van der Waals surface area contributed by atoms with E-state index in [0.29, 0.717) is 6.61 Å². The zero-order chi connectivity index (χ0) is 15.1. The number of phenols is 1. The van der Waals surface area contributed by atoms with E-state index in [0.717, 1.165) is 38.8 Å². The van der Waals surface area contributed by atoms with Crippen LogP contribution in [0.4, 0.5) is 0 Å². The quantitative estimate of drug-likeness (QED) is 0.540. The van der Waals surface area contributed by atoms with Crippen molar-refractivity contribution in [3.8, 4) is 17.0 Å². The maximum atomic E-state index is 10.2. The van der Waals surface area contributed by atoms with Crippen LogP contribution in [0.3, 0.4) is 0 Å². The van der Waals surface area contributed by atoms with Gasteiger partial charge in [-0.05, 0) is 30.3 Å². The second kappa shape index (κ2) is 4.89. The number of rotatable bonds is 3. The standard InChI is InChI=1S/C17H15N3O2/c1-22-9-11-6-14-12(7-16(11)21)13(8-19-14)15-5-10-3-2-4-18-17(10)20-15/h2-8,19,21H,9H2,1H3,(H,18,20). The van der Waals surface area contributed by atoms with Crippen LogP contribution in [0.5, 0.6) is 5.75 Å². The Morgan fingerprint density at radius 3 is 3.00 bits per heavy atom. The number of pyridine rings is 1. The van der Waals surface area contributed by atoms with Gasteiger partial charge in [0.05, 0.1) is 6.61 Å². The summed E-state index contributed by atoms with van der Waals surface area (Å²) in [5.74, 6) is 0.240. The number of phenolic OH excluding ortho intramolecular Hbond substituents is 1. The molecule has 3 N–H and O–H groups in total. The fourth-order valence-corrected chi connectivity index (χ4v) is 2.80. The average molecular weight is 293 g/mol. The van der Waals surface area contributed by atoms with Gasteiger partial charge in [-0.15, -0.1) is 0 Å². The summed E-state index contributed by atoms with van der Waals surface area (Å²) in [6, 6.07) is 9.68. The van der Waals surface area contributed by atoms with Crippen LogP contribution in [0, 0.1) is 0 Å². The van der Waals surface area contributed by atoms with E-state index in [4.69, 9.17) is 4.74 Å². The third kappa shape index (κ3) is 1.95. The molecule has 4 rings (SSSR count). The second-order valence-electron chi connectivity index (χ2n) is 5.29. The molecule has 0 aliphatic carbocycles. The molecule has 1 aromatic carbocycles. The molecular formula is C17H15N3O2. The predicted octanol–water partition coefficient (Wildman–Crippen LogP) is 3.56. The number of fused-ring (bicyclic) bond motifs is 2. The lowest BCUT2D eigenvalue weighted by molar-refractivity contribution is 0.182. The van der Waals surface area contributed by atoms with Crippen molar-refractivity contribution in [2.24, 2.45) is 0 Å². The molecule has 4 aromatic rings. The molecule has 3 aromatic heterocycles. The molecule has 3 heterocycles. The van der Waals surface area contributed by atoms with Gasteiger partial charge in [-0.2, -0.15) is 0 Å². The van der Waals surface area contributed by atoms with Crippen LogP contribution in [-0.2, 0) is 11.3 Å². The minimum Gasteiger partial charge on any atom is -0.508 e. The number of hydrogen-bond donors (Lipinski definition) is 3. The summed E-state index contributed by atoms with van der Waals surface area (Å²) in [6.07, 6.45) is 3.70. The molecule has 0 spiro atoms. The minimum absolute atomic E-state index is 0.240. The maximum Gasteiger partial charge on any atom is 0.137 e. The van der Waals surface area contributed by atoms with Crippen LogP contribution in [0.25, 0.3) is 33.2 Å². The van der Waals surface area contributed by atoms with Gasteiger partial charge in [0.25, 0.3) is 0 Å². The summed E-state index contributed by atoms with van der Waals surface area (Å²) in [5.41, 5.74) is 4.56. The summed E-state index contributed by atoms with van der Waals surface area (Å²) in [5, 5.41) is 12.2. The van der Waals surface area contributed by atoms with E-state index in [1.807, 2.05) is 24.4 Å². The minimum atomic E-state index is 0.240. The second-order valence-corrected chi connectivity index (χ2v) is 5.29. The van der Waals surface area contributed by atoms with Crippen LogP contribution >= 0.6 is 0 Å².